The molecule has 0 fully saturated rings. The van der Waals surface area contributed by atoms with E-state index in [1.54, 1.807) is 37.3 Å². The lowest BCUT2D eigenvalue weighted by Gasteiger charge is -2.30. The minimum atomic E-state index is -1.99. The summed E-state index contributed by atoms with van der Waals surface area (Å²) in [6.45, 7) is 11.5. The van der Waals surface area contributed by atoms with Gasteiger partial charge in [0, 0.05) is 54.3 Å². The summed E-state index contributed by atoms with van der Waals surface area (Å²) in [4.78, 5) is 59.7. The molecule has 7 atom stereocenters. The molecule has 13 nitrogen and oxygen atoms in total. The molecule has 0 saturated carbocycles. The smallest absolute Gasteiger partial charge is 0.312 e. The molecule has 0 aromatic heterocycles. The molecular weight excluding hydrogens is 824 g/mol. The number of ketones is 1. The van der Waals surface area contributed by atoms with Crippen LogP contribution >= 0.6 is 27.5 Å². The van der Waals surface area contributed by atoms with Crippen molar-refractivity contribution in [3.63, 3.8) is 0 Å². The average Bonchev–Trinajstić information content (AvgIpc) is 3.42. The Balaban J connectivity index is 1.58. The molecule has 0 radical (unpaired) electrons. The number of ether oxygens (including phenoxy) is 4. The van der Waals surface area contributed by atoms with Gasteiger partial charge < -0.3 is 38.9 Å². The van der Waals surface area contributed by atoms with Crippen LogP contribution in [0, 0.1) is 24.7 Å². The molecule has 3 N–H and O–H groups in total. The molecule has 2 aromatic rings. The van der Waals surface area contributed by atoms with Crippen LogP contribution in [0.3, 0.4) is 0 Å². The highest BCUT2D eigenvalue weighted by Crippen LogP contribution is 2.50. The second-order valence-corrected chi connectivity index (χ2v) is 16.2. The summed E-state index contributed by atoms with van der Waals surface area (Å²) in [5.74, 6) is -5.25. The van der Waals surface area contributed by atoms with E-state index in [2.05, 4.69) is 21.2 Å². The molecule has 6 rings (SSSR count). The number of hydrogen-bond acceptors (Lipinski definition) is 12. The number of allylic oxidation sites excluding steroid dienone is 2. The van der Waals surface area contributed by atoms with Gasteiger partial charge in [0.15, 0.2) is 11.3 Å². The highest BCUT2D eigenvalue weighted by Gasteiger charge is 2.50. The maximum Gasteiger partial charge on any atom is 0.312 e. The number of carbonyl (C=O) groups is 3. The second kappa shape index (κ2) is 16.2. The van der Waals surface area contributed by atoms with E-state index in [1.165, 1.54) is 40.2 Å². The highest BCUT2D eigenvalue weighted by atomic mass is 79.9. The van der Waals surface area contributed by atoms with Crippen LogP contribution in [0.15, 0.2) is 62.0 Å². The number of phenols is 1. The molecule has 4 bridgehead atoms. The predicted octanol–water partition coefficient (Wildman–Crippen LogP) is 8.15. The number of rotatable bonds is 2. The Bertz CT molecular complexity index is 2420. The number of amides is 1. The Labute approximate surface area is 342 Å². The lowest BCUT2D eigenvalue weighted by molar-refractivity contribution is -0.151. The lowest BCUT2D eigenvalue weighted by Crippen LogP contribution is -2.38. The van der Waals surface area contributed by atoms with E-state index < -0.39 is 52.9 Å². The number of halogens is 2. The van der Waals surface area contributed by atoms with E-state index >= 15 is 0 Å². The van der Waals surface area contributed by atoms with Crippen molar-refractivity contribution in [3.8, 4) is 23.0 Å². The Hall–Kier alpha value is -4.76. The van der Waals surface area contributed by atoms with E-state index in [-0.39, 0.29) is 85.6 Å². The fourth-order valence-corrected chi connectivity index (χ4v) is 7.89. The van der Waals surface area contributed by atoms with E-state index in [9.17, 15) is 29.4 Å². The van der Waals surface area contributed by atoms with Crippen LogP contribution in [0.1, 0.15) is 70.3 Å². The number of nitrogens with zero attached hydrogens (tertiary/aromatic N) is 1. The van der Waals surface area contributed by atoms with Crippen molar-refractivity contribution in [2.45, 2.75) is 85.4 Å². The molecule has 15 heteroatoms. The van der Waals surface area contributed by atoms with Gasteiger partial charge in [0.1, 0.15) is 34.5 Å². The first-order valence-corrected chi connectivity index (χ1v) is 19.6. The Morgan fingerprint density at radius 2 is 1.81 bits per heavy atom. The Morgan fingerprint density at radius 1 is 1.09 bits per heavy atom. The standard InChI is InChI=1S/C42H44BrClN2O11/c1-18-10-9-11-19(2)41(52)46-34-37(50)31-30(33-39(34)56-29-16-25(43)26(44)17-27(29)45-33)32-38(22(5)36(31)49)57-42(7,40(32)51)54-13-12-24(53-8)15-28(55-23(6)47)20(3)14-21(4)35(18)48/h9-13,16-18,20-21,24,28,35,48-49H,14-15H2,1-8H3,(H,46,52)/b10-9+,13-12+,19-11-/t18-,20+,21-,24-,28+,35-,42-/m0/s1. The van der Waals surface area contributed by atoms with Gasteiger partial charge in [-0.1, -0.05) is 50.6 Å². The molecule has 3 heterocycles. The summed E-state index contributed by atoms with van der Waals surface area (Å²) in [6, 6.07) is 3.08. The third-order valence-electron chi connectivity index (χ3n) is 10.7. The third kappa shape index (κ3) is 7.92. The normalized spacial score (nSPS) is 28.2. The minimum Gasteiger partial charge on any atom is -0.507 e. The SMILES string of the molecule is CO[C@H]1/C=C/O[C@@]2(C)Oc3c(C)c(O)c4c(=O)c(c5oc6cc(Br)c(Cl)cc6nc-5c4c3C2=O)NC(=O)/C(C)=C\C=C\[C@H](C)[C@H](O)[C@@H](C)C[C@@H](C)[C@H](OC(C)=O)C1. The van der Waals surface area contributed by atoms with Crippen LogP contribution in [0.4, 0.5) is 5.69 Å². The van der Waals surface area contributed by atoms with Gasteiger partial charge in [-0.2, -0.15) is 0 Å². The topological polar surface area (TPSA) is 184 Å². The van der Waals surface area contributed by atoms with Gasteiger partial charge in [0.05, 0.1) is 34.4 Å². The first-order chi connectivity index (χ1) is 26.9. The number of nitrogens with one attached hydrogen (secondary N) is 1. The van der Waals surface area contributed by atoms with Crippen LogP contribution in [0.2, 0.25) is 5.02 Å². The van der Waals surface area contributed by atoms with Gasteiger partial charge in [0.2, 0.25) is 5.43 Å². The summed E-state index contributed by atoms with van der Waals surface area (Å²) < 4.78 is 30.4. The molecule has 1 amide bonds. The van der Waals surface area contributed by atoms with Gasteiger partial charge >= 0.3 is 11.8 Å². The van der Waals surface area contributed by atoms with Crippen LogP contribution in [-0.2, 0) is 23.8 Å². The van der Waals surface area contributed by atoms with Crippen molar-refractivity contribution in [1.29, 1.82) is 0 Å². The highest BCUT2D eigenvalue weighted by molar-refractivity contribution is 9.10. The zero-order chi connectivity index (χ0) is 41.7. The molecule has 0 saturated heterocycles. The molecular formula is C42H44BrClN2O11. The van der Waals surface area contributed by atoms with Gasteiger partial charge in [-0.3, -0.25) is 19.2 Å². The number of aromatic hydroxyl groups is 1. The van der Waals surface area contributed by atoms with Crippen LogP contribution in [-0.4, -0.2) is 64.1 Å². The molecule has 1 aliphatic carbocycles. The van der Waals surface area contributed by atoms with Crippen LogP contribution in [0.25, 0.3) is 33.3 Å². The molecule has 2 aromatic carbocycles. The van der Waals surface area contributed by atoms with E-state index in [1.807, 2.05) is 20.8 Å². The number of phenolic OH excluding ortho intramolecular Hbond substituents is 1. The monoisotopic (exact) mass is 866 g/mol. The summed E-state index contributed by atoms with van der Waals surface area (Å²) in [7, 11) is 1.49. The first kappa shape index (κ1) is 41.9. The number of esters is 1. The number of aliphatic hydroxyl groups excluding tert-OH is 1. The largest absolute Gasteiger partial charge is 0.507 e. The molecule has 3 aliphatic heterocycles. The molecule has 4 aliphatic rings. The number of hydrogen-bond donors (Lipinski definition) is 3. The Morgan fingerprint density at radius 3 is 2.49 bits per heavy atom. The quantitative estimate of drug-likeness (QED) is 0.100. The van der Waals surface area contributed by atoms with Crippen LogP contribution < -0.4 is 15.5 Å². The van der Waals surface area contributed by atoms with Gasteiger partial charge in [-0.25, -0.2) is 4.98 Å². The molecule has 302 valence electrons. The van der Waals surface area contributed by atoms with Crippen molar-refractivity contribution in [1.82, 2.24) is 4.98 Å². The number of aromatic nitrogens is 1. The van der Waals surface area contributed by atoms with Crippen LogP contribution in [0.5, 0.6) is 11.5 Å². The van der Waals surface area contributed by atoms with E-state index in [4.69, 9.17) is 39.9 Å². The number of anilines is 1. The predicted molar refractivity (Wildman–Crippen MR) is 218 cm³/mol. The summed E-state index contributed by atoms with van der Waals surface area (Å²) >= 11 is 9.80. The average molecular weight is 868 g/mol. The van der Waals surface area contributed by atoms with Crippen molar-refractivity contribution >= 4 is 72.8 Å². The lowest BCUT2D eigenvalue weighted by atomic mass is 9.83. The fourth-order valence-electron chi connectivity index (χ4n) is 7.41. The van der Waals surface area contributed by atoms with Crippen molar-refractivity contribution in [2.75, 3.05) is 12.4 Å². The number of fused-ring (bicyclic) bond motifs is 2. The number of methoxy groups -OCH3 is 1. The van der Waals surface area contributed by atoms with E-state index in [0.29, 0.717) is 15.9 Å². The maximum atomic E-state index is 14.5. The van der Waals surface area contributed by atoms with Crippen molar-refractivity contribution < 1.29 is 48.0 Å². The number of carbonyl (C=O) groups excluding carboxylic acids is 3. The van der Waals surface area contributed by atoms with Gasteiger partial charge in [-0.05, 0) is 66.2 Å². The second-order valence-electron chi connectivity index (χ2n) is 15.0. The first-order valence-electron chi connectivity index (χ1n) is 18.4. The van der Waals surface area contributed by atoms with Crippen molar-refractivity contribution in [2.24, 2.45) is 17.8 Å². The fraction of sp³-hybridized carbons (Fsp3) is 0.405. The molecule has 57 heavy (non-hydrogen) atoms. The maximum absolute atomic E-state index is 14.5. The minimum absolute atomic E-state index is 0.0351. The van der Waals surface area contributed by atoms with E-state index in [0.717, 1.165) is 0 Å². The Kier molecular flexibility index (Phi) is 11.9. The molecule has 0 spiro atoms. The number of Topliss-reactive ketones (excluding diaryl/α,β-unsaturated/α-hetero) is 1. The summed E-state index contributed by atoms with van der Waals surface area (Å²) in [5.41, 5.74) is -0.547. The summed E-state index contributed by atoms with van der Waals surface area (Å²) in [5, 5.41) is 25.5. The zero-order valence-electron chi connectivity index (χ0n) is 32.7. The van der Waals surface area contributed by atoms with Gasteiger partial charge in [-0.15, -0.1) is 0 Å². The summed E-state index contributed by atoms with van der Waals surface area (Å²) in [6.07, 6.45) is 6.50. The number of aliphatic hydroxyl groups is 1. The zero-order valence-corrected chi connectivity index (χ0v) is 35.0. The molecule has 0 unspecified atom stereocenters. The van der Waals surface area contributed by atoms with Gasteiger partial charge in [0.25, 0.3) is 11.7 Å². The third-order valence-corrected chi connectivity index (χ3v) is 11.9. The number of benzene rings is 3. The van der Waals surface area contributed by atoms with Crippen molar-refractivity contribution in [3.05, 3.63) is 79.1 Å².